The van der Waals surface area contributed by atoms with Crippen LogP contribution in [-0.2, 0) is 11.3 Å². The van der Waals surface area contributed by atoms with Gasteiger partial charge in [-0.1, -0.05) is 13.8 Å². The van der Waals surface area contributed by atoms with Gasteiger partial charge < -0.3 is 14.2 Å². The van der Waals surface area contributed by atoms with Gasteiger partial charge in [0, 0.05) is 32.4 Å². The standard InChI is InChI=1S/C20H30N4O2/c1-14(2)11-24-13-22-18-9-17(10-21-19(18)24)20(25)23-7-5-16(6-8-23)12-26-15(3)4/h9-10,13-16H,5-8,11-12H2,1-4H3. The summed E-state index contributed by atoms with van der Waals surface area (Å²) < 4.78 is 7.77. The molecule has 1 aliphatic rings. The maximum atomic E-state index is 12.8. The van der Waals surface area contributed by atoms with Crippen LogP contribution in [0, 0.1) is 11.8 Å². The highest BCUT2D eigenvalue weighted by atomic mass is 16.5. The smallest absolute Gasteiger partial charge is 0.255 e. The monoisotopic (exact) mass is 358 g/mol. The normalized spacial score (nSPS) is 16.2. The maximum Gasteiger partial charge on any atom is 0.255 e. The van der Waals surface area contributed by atoms with Crippen LogP contribution in [0.3, 0.4) is 0 Å². The predicted octanol–water partition coefficient (Wildman–Crippen LogP) is 3.36. The lowest BCUT2D eigenvalue weighted by atomic mass is 9.97. The summed E-state index contributed by atoms with van der Waals surface area (Å²) >= 11 is 0. The molecule has 1 aliphatic heterocycles. The van der Waals surface area contributed by atoms with E-state index >= 15 is 0 Å². The van der Waals surface area contributed by atoms with Crippen molar-refractivity contribution < 1.29 is 9.53 Å². The van der Waals surface area contributed by atoms with Gasteiger partial charge in [-0.2, -0.15) is 0 Å². The molecule has 0 spiro atoms. The molecule has 0 aliphatic carbocycles. The quantitative estimate of drug-likeness (QED) is 0.794. The van der Waals surface area contributed by atoms with E-state index in [4.69, 9.17) is 4.74 Å². The number of imidazole rings is 1. The second-order valence-corrected chi connectivity index (χ2v) is 7.98. The Morgan fingerprint density at radius 2 is 1.96 bits per heavy atom. The van der Waals surface area contributed by atoms with Crippen LogP contribution in [0.1, 0.15) is 50.9 Å². The Kier molecular flexibility index (Phi) is 5.91. The fourth-order valence-electron chi connectivity index (χ4n) is 3.41. The number of hydrogen-bond acceptors (Lipinski definition) is 4. The van der Waals surface area contributed by atoms with Crippen LogP contribution in [0.5, 0.6) is 0 Å². The van der Waals surface area contributed by atoms with E-state index in [1.807, 2.05) is 17.3 Å². The number of carbonyl (C=O) groups is 1. The summed E-state index contributed by atoms with van der Waals surface area (Å²) in [5.41, 5.74) is 2.26. The number of carbonyl (C=O) groups excluding carboxylic acids is 1. The molecule has 2 aromatic heterocycles. The summed E-state index contributed by atoms with van der Waals surface area (Å²) in [4.78, 5) is 23.7. The molecule has 142 valence electrons. The third kappa shape index (κ3) is 4.41. The number of likely N-dealkylation sites (tertiary alicyclic amines) is 1. The lowest BCUT2D eigenvalue weighted by Crippen LogP contribution is -2.39. The molecule has 0 saturated carbocycles. The Hall–Kier alpha value is -1.95. The molecule has 0 N–H and O–H groups in total. The summed E-state index contributed by atoms with van der Waals surface area (Å²) in [6, 6.07) is 1.87. The number of hydrogen-bond donors (Lipinski definition) is 0. The molecule has 26 heavy (non-hydrogen) atoms. The van der Waals surface area contributed by atoms with Gasteiger partial charge in [-0.05, 0) is 44.6 Å². The van der Waals surface area contributed by atoms with Crippen LogP contribution in [-0.4, -0.2) is 51.1 Å². The number of amides is 1. The van der Waals surface area contributed by atoms with Crippen molar-refractivity contribution in [2.45, 2.75) is 53.2 Å². The van der Waals surface area contributed by atoms with Gasteiger partial charge in [-0.25, -0.2) is 9.97 Å². The third-order valence-electron chi connectivity index (χ3n) is 4.83. The van der Waals surface area contributed by atoms with E-state index in [1.54, 1.807) is 6.20 Å². The zero-order chi connectivity index (χ0) is 18.7. The van der Waals surface area contributed by atoms with Gasteiger partial charge in [0.15, 0.2) is 5.65 Å². The number of nitrogens with zero attached hydrogens (tertiary/aromatic N) is 4. The molecule has 3 rings (SSSR count). The lowest BCUT2D eigenvalue weighted by Gasteiger charge is -2.32. The minimum absolute atomic E-state index is 0.0565. The molecule has 6 nitrogen and oxygen atoms in total. The van der Waals surface area contributed by atoms with Gasteiger partial charge in [0.1, 0.15) is 5.52 Å². The van der Waals surface area contributed by atoms with Gasteiger partial charge in [-0.3, -0.25) is 4.79 Å². The summed E-state index contributed by atoms with van der Waals surface area (Å²) in [6.07, 6.45) is 5.76. The first-order chi connectivity index (χ1) is 12.4. The first kappa shape index (κ1) is 18.8. The first-order valence-corrected chi connectivity index (χ1v) is 9.65. The van der Waals surface area contributed by atoms with Crippen molar-refractivity contribution in [2.75, 3.05) is 19.7 Å². The molecule has 0 unspecified atom stereocenters. The molecule has 0 aromatic carbocycles. The number of piperidine rings is 1. The highest BCUT2D eigenvalue weighted by molar-refractivity contribution is 5.96. The molecule has 3 heterocycles. The van der Waals surface area contributed by atoms with Crippen molar-refractivity contribution in [2.24, 2.45) is 11.8 Å². The van der Waals surface area contributed by atoms with E-state index in [1.165, 1.54) is 0 Å². The van der Waals surface area contributed by atoms with Crippen LogP contribution in [0.2, 0.25) is 0 Å². The Labute approximate surface area is 155 Å². The van der Waals surface area contributed by atoms with Gasteiger partial charge in [-0.15, -0.1) is 0 Å². The third-order valence-corrected chi connectivity index (χ3v) is 4.83. The van der Waals surface area contributed by atoms with E-state index in [9.17, 15) is 4.79 Å². The van der Waals surface area contributed by atoms with Crippen LogP contribution in [0.4, 0.5) is 0 Å². The van der Waals surface area contributed by atoms with E-state index < -0.39 is 0 Å². The maximum absolute atomic E-state index is 12.8. The number of rotatable bonds is 6. The van der Waals surface area contributed by atoms with Crippen molar-refractivity contribution in [3.63, 3.8) is 0 Å². The Morgan fingerprint density at radius 1 is 1.23 bits per heavy atom. The number of fused-ring (bicyclic) bond motifs is 1. The molecule has 6 heteroatoms. The SMILES string of the molecule is CC(C)Cn1cnc2cc(C(=O)N3CCC(COC(C)C)CC3)cnc21. The lowest BCUT2D eigenvalue weighted by molar-refractivity contribution is 0.0286. The van der Waals surface area contributed by atoms with Gasteiger partial charge in [0.05, 0.1) is 18.0 Å². The molecular weight excluding hydrogens is 328 g/mol. The Morgan fingerprint density at radius 3 is 2.62 bits per heavy atom. The van der Waals surface area contributed by atoms with Crippen molar-refractivity contribution in [1.82, 2.24) is 19.4 Å². The average molecular weight is 358 g/mol. The van der Waals surface area contributed by atoms with Crippen LogP contribution >= 0.6 is 0 Å². The molecule has 1 fully saturated rings. The highest BCUT2D eigenvalue weighted by Crippen LogP contribution is 2.21. The van der Waals surface area contributed by atoms with Gasteiger partial charge >= 0.3 is 0 Å². The summed E-state index contributed by atoms with van der Waals surface area (Å²) in [7, 11) is 0. The predicted molar refractivity (Wildman–Crippen MR) is 102 cm³/mol. The van der Waals surface area contributed by atoms with Crippen molar-refractivity contribution >= 4 is 17.1 Å². The molecule has 2 aromatic rings. The van der Waals surface area contributed by atoms with Crippen LogP contribution in [0.15, 0.2) is 18.6 Å². The van der Waals surface area contributed by atoms with E-state index in [0.717, 1.165) is 50.2 Å². The molecular formula is C20H30N4O2. The van der Waals surface area contributed by atoms with Gasteiger partial charge in [0.2, 0.25) is 0 Å². The summed E-state index contributed by atoms with van der Waals surface area (Å²) in [5.74, 6) is 1.13. The van der Waals surface area contributed by atoms with Crippen LogP contribution in [0.25, 0.3) is 11.2 Å². The van der Waals surface area contributed by atoms with E-state index in [2.05, 4.69) is 42.2 Å². The largest absolute Gasteiger partial charge is 0.379 e. The van der Waals surface area contributed by atoms with Gasteiger partial charge in [0.25, 0.3) is 5.91 Å². The number of pyridine rings is 1. The Balaban J connectivity index is 1.63. The molecule has 1 amide bonds. The summed E-state index contributed by atoms with van der Waals surface area (Å²) in [6.45, 7) is 11.7. The second-order valence-electron chi connectivity index (χ2n) is 7.98. The number of ether oxygens (including phenoxy) is 1. The topological polar surface area (TPSA) is 60.2 Å². The molecule has 0 bridgehead atoms. The van der Waals surface area contributed by atoms with Crippen molar-refractivity contribution in [3.05, 3.63) is 24.2 Å². The van der Waals surface area contributed by atoms with Crippen LogP contribution < -0.4 is 0 Å². The number of aromatic nitrogens is 3. The molecule has 1 saturated heterocycles. The zero-order valence-electron chi connectivity index (χ0n) is 16.3. The summed E-state index contributed by atoms with van der Waals surface area (Å²) in [5, 5.41) is 0. The minimum atomic E-state index is 0.0565. The molecule has 0 radical (unpaired) electrons. The first-order valence-electron chi connectivity index (χ1n) is 9.65. The van der Waals surface area contributed by atoms with Crippen molar-refractivity contribution in [1.29, 1.82) is 0 Å². The zero-order valence-corrected chi connectivity index (χ0v) is 16.3. The highest BCUT2D eigenvalue weighted by Gasteiger charge is 2.24. The van der Waals surface area contributed by atoms with E-state index in [0.29, 0.717) is 17.4 Å². The minimum Gasteiger partial charge on any atom is -0.379 e. The fourth-order valence-corrected chi connectivity index (χ4v) is 3.41. The average Bonchev–Trinajstić information content (AvgIpc) is 3.01. The Bertz CT molecular complexity index is 745. The molecule has 0 atom stereocenters. The van der Waals surface area contributed by atoms with E-state index in [-0.39, 0.29) is 12.0 Å². The fraction of sp³-hybridized carbons (Fsp3) is 0.650. The second kappa shape index (κ2) is 8.16. The van der Waals surface area contributed by atoms with Crippen molar-refractivity contribution in [3.8, 4) is 0 Å².